The number of amides is 2. The molecule has 0 aromatic heterocycles. The smallest absolute Gasteiger partial charge is 0.316 e. The number of carbonyl (C=O) groups is 2. The number of nitrogens with zero attached hydrogens (tertiary/aromatic N) is 1. The van der Waals surface area contributed by atoms with E-state index < -0.39 is 11.8 Å². The topological polar surface area (TPSA) is 75.4 Å². The Kier molecular flexibility index (Phi) is 5.27. The van der Waals surface area contributed by atoms with Crippen molar-refractivity contribution in [2.24, 2.45) is 5.73 Å². The third-order valence-corrected chi connectivity index (χ3v) is 3.32. The van der Waals surface area contributed by atoms with Gasteiger partial charge in [0.05, 0.1) is 0 Å². The Morgan fingerprint density at radius 2 is 1.73 bits per heavy atom. The van der Waals surface area contributed by atoms with Gasteiger partial charge < -0.3 is 16.0 Å². The first-order valence-corrected chi connectivity index (χ1v) is 7.00. The molecule has 0 saturated carbocycles. The third kappa shape index (κ3) is 3.93. The summed E-state index contributed by atoms with van der Waals surface area (Å²) in [5.74, 6) is -1.23. The standard InChI is InChI=1S/C17H19N3O2/c1-20(15-8-3-2-4-9-15)17(22)16(21)19-12-14-7-5-6-13(10-14)11-18/h2-10H,11-12,18H2,1H3,(H,19,21). The first-order chi connectivity index (χ1) is 10.6. The maximum Gasteiger partial charge on any atom is 0.316 e. The van der Waals surface area contributed by atoms with Crippen LogP contribution in [0.1, 0.15) is 11.1 Å². The van der Waals surface area contributed by atoms with Crippen molar-refractivity contribution >= 4 is 17.5 Å². The maximum atomic E-state index is 12.1. The van der Waals surface area contributed by atoms with Crippen molar-refractivity contribution in [1.82, 2.24) is 5.32 Å². The van der Waals surface area contributed by atoms with Gasteiger partial charge >= 0.3 is 11.8 Å². The van der Waals surface area contributed by atoms with E-state index in [1.165, 1.54) is 4.90 Å². The fraction of sp³-hybridized carbons (Fsp3) is 0.176. The predicted molar refractivity (Wildman–Crippen MR) is 86.0 cm³/mol. The van der Waals surface area contributed by atoms with Gasteiger partial charge in [-0.3, -0.25) is 9.59 Å². The van der Waals surface area contributed by atoms with Gasteiger partial charge in [0.1, 0.15) is 0 Å². The van der Waals surface area contributed by atoms with E-state index in [2.05, 4.69) is 5.32 Å². The van der Waals surface area contributed by atoms with Crippen LogP contribution < -0.4 is 16.0 Å². The molecular weight excluding hydrogens is 278 g/mol. The van der Waals surface area contributed by atoms with Crippen LogP contribution in [0, 0.1) is 0 Å². The SMILES string of the molecule is CN(C(=O)C(=O)NCc1cccc(CN)c1)c1ccccc1. The van der Waals surface area contributed by atoms with Crippen molar-refractivity contribution in [2.75, 3.05) is 11.9 Å². The Balaban J connectivity index is 1.95. The lowest BCUT2D eigenvalue weighted by atomic mass is 10.1. The van der Waals surface area contributed by atoms with Crippen LogP contribution in [0.25, 0.3) is 0 Å². The highest BCUT2D eigenvalue weighted by atomic mass is 16.2. The van der Waals surface area contributed by atoms with Crippen LogP contribution in [0.5, 0.6) is 0 Å². The molecule has 3 N–H and O–H groups in total. The lowest BCUT2D eigenvalue weighted by Crippen LogP contribution is -2.40. The molecule has 22 heavy (non-hydrogen) atoms. The molecule has 2 rings (SSSR count). The summed E-state index contributed by atoms with van der Waals surface area (Å²) in [6, 6.07) is 16.6. The molecule has 2 aromatic carbocycles. The van der Waals surface area contributed by atoms with Crippen molar-refractivity contribution in [1.29, 1.82) is 0 Å². The van der Waals surface area contributed by atoms with E-state index >= 15 is 0 Å². The van der Waals surface area contributed by atoms with Gasteiger partial charge in [-0.2, -0.15) is 0 Å². The second-order valence-corrected chi connectivity index (χ2v) is 4.91. The number of para-hydroxylation sites is 1. The van der Waals surface area contributed by atoms with Gasteiger partial charge in [0, 0.05) is 25.8 Å². The average Bonchev–Trinajstić information content (AvgIpc) is 2.59. The summed E-state index contributed by atoms with van der Waals surface area (Å²) in [6.07, 6.45) is 0. The van der Waals surface area contributed by atoms with Crippen molar-refractivity contribution < 1.29 is 9.59 Å². The molecule has 5 nitrogen and oxygen atoms in total. The Morgan fingerprint density at radius 1 is 1.05 bits per heavy atom. The normalized spacial score (nSPS) is 10.1. The van der Waals surface area contributed by atoms with E-state index in [1.807, 2.05) is 42.5 Å². The molecule has 2 amide bonds. The summed E-state index contributed by atoms with van der Waals surface area (Å²) < 4.78 is 0. The fourth-order valence-electron chi connectivity index (χ4n) is 2.05. The number of hydrogen-bond acceptors (Lipinski definition) is 3. The zero-order valence-corrected chi connectivity index (χ0v) is 12.5. The van der Waals surface area contributed by atoms with Crippen LogP contribution in [0.3, 0.4) is 0 Å². The van der Waals surface area contributed by atoms with Crippen LogP contribution >= 0.6 is 0 Å². The molecule has 0 bridgehead atoms. The van der Waals surface area contributed by atoms with Gasteiger partial charge in [0.25, 0.3) is 0 Å². The number of benzene rings is 2. The fourth-order valence-corrected chi connectivity index (χ4v) is 2.05. The molecule has 0 fully saturated rings. The van der Waals surface area contributed by atoms with Crippen LogP contribution in [-0.2, 0) is 22.7 Å². The Morgan fingerprint density at radius 3 is 2.41 bits per heavy atom. The average molecular weight is 297 g/mol. The number of anilines is 1. The molecule has 0 spiro atoms. The molecule has 0 aliphatic heterocycles. The van der Waals surface area contributed by atoms with Crippen LogP contribution in [0.2, 0.25) is 0 Å². The second-order valence-electron chi connectivity index (χ2n) is 4.91. The highest BCUT2D eigenvalue weighted by Gasteiger charge is 2.19. The van der Waals surface area contributed by atoms with E-state index in [0.29, 0.717) is 18.8 Å². The zero-order chi connectivity index (χ0) is 15.9. The second kappa shape index (κ2) is 7.38. The van der Waals surface area contributed by atoms with Crippen LogP contribution in [0.4, 0.5) is 5.69 Å². The van der Waals surface area contributed by atoms with Crippen molar-refractivity contribution in [2.45, 2.75) is 13.1 Å². The number of hydrogen-bond donors (Lipinski definition) is 2. The summed E-state index contributed by atoms with van der Waals surface area (Å²) in [6.45, 7) is 0.735. The van der Waals surface area contributed by atoms with Gasteiger partial charge in [-0.15, -0.1) is 0 Å². The number of nitrogens with two attached hydrogens (primary N) is 1. The Bertz CT molecular complexity index is 656. The number of nitrogens with one attached hydrogen (secondary N) is 1. The minimum absolute atomic E-state index is 0.293. The maximum absolute atomic E-state index is 12.1. The molecule has 0 radical (unpaired) electrons. The predicted octanol–water partition coefficient (Wildman–Crippen LogP) is 1.42. The summed E-state index contributed by atoms with van der Waals surface area (Å²) >= 11 is 0. The highest BCUT2D eigenvalue weighted by molar-refractivity contribution is 6.40. The summed E-state index contributed by atoms with van der Waals surface area (Å²) in [5, 5.41) is 2.63. The van der Waals surface area contributed by atoms with Crippen molar-refractivity contribution in [3.05, 3.63) is 65.7 Å². The van der Waals surface area contributed by atoms with Crippen molar-refractivity contribution in [3.8, 4) is 0 Å². The Hall–Kier alpha value is -2.66. The lowest BCUT2D eigenvalue weighted by Gasteiger charge is -2.16. The third-order valence-electron chi connectivity index (χ3n) is 3.32. The van der Waals surface area contributed by atoms with E-state index in [9.17, 15) is 9.59 Å². The molecule has 5 heteroatoms. The van der Waals surface area contributed by atoms with Gasteiger partial charge in [-0.05, 0) is 23.3 Å². The minimum Gasteiger partial charge on any atom is -0.344 e. The molecule has 0 heterocycles. The number of likely N-dealkylation sites (N-methyl/N-ethyl adjacent to an activating group) is 1. The largest absolute Gasteiger partial charge is 0.344 e. The zero-order valence-electron chi connectivity index (χ0n) is 12.5. The summed E-state index contributed by atoms with van der Waals surface area (Å²) in [4.78, 5) is 25.4. The molecule has 114 valence electrons. The number of rotatable bonds is 4. The lowest BCUT2D eigenvalue weighted by molar-refractivity contribution is -0.137. The number of carbonyl (C=O) groups excluding carboxylic acids is 2. The van der Waals surface area contributed by atoms with Crippen LogP contribution in [-0.4, -0.2) is 18.9 Å². The first kappa shape index (κ1) is 15.7. The molecule has 0 unspecified atom stereocenters. The first-order valence-electron chi connectivity index (χ1n) is 7.00. The van der Waals surface area contributed by atoms with Gasteiger partial charge in [0.15, 0.2) is 0 Å². The molecule has 0 saturated heterocycles. The molecule has 2 aromatic rings. The molecule has 0 atom stereocenters. The molecule has 0 aliphatic carbocycles. The van der Waals surface area contributed by atoms with E-state index in [-0.39, 0.29) is 0 Å². The van der Waals surface area contributed by atoms with E-state index in [1.54, 1.807) is 19.2 Å². The molecule has 0 aliphatic rings. The minimum atomic E-state index is -0.635. The monoisotopic (exact) mass is 297 g/mol. The van der Waals surface area contributed by atoms with Gasteiger partial charge in [-0.1, -0.05) is 42.5 Å². The van der Waals surface area contributed by atoms with Gasteiger partial charge in [-0.25, -0.2) is 0 Å². The van der Waals surface area contributed by atoms with Crippen LogP contribution in [0.15, 0.2) is 54.6 Å². The molecular formula is C17H19N3O2. The van der Waals surface area contributed by atoms with Gasteiger partial charge in [0.2, 0.25) is 0 Å². The Labute approximate surface area is 129 Å². The van der Waals surface area contributed by atoms with E-state index in [4.69, 9.17) is 5.73 Å². The van der Waals surface area contributed by atoms with E-state index in [0.717, 1.165) is 11.1 Å². The quantitative estimate of drug-likeness (QED) is 0.838. The highest BCUT2D eigenvalue weighted by Crippen LogP contribution is 2.11. The summed E-state index contributed by atoms with van der Waals surface area (Å²) in [5.41, 5.74) is 8.15. The summed E-state index contributed by atoms with van der Waals surface area (Å²) in [7, 11) is 1.58. The van der Waals surface area contributed by atoms with Crippen molar-refractivity contribution in [3.63, 3.8) is 0 Å².